The third-order valence-corrected chi connectivity index (χ3v) is 9.13. The number of hydrogen-bond donors (Lipinski definition) is 3. The molecule has 0 amide bonds. The van der Waals surface area contributed by atoms with Crippen molar-refractivity contribution >= 4 is 40.8 Å². The SMILES string of the molecule is Nc1nccc(Sc2c(CO)nc(N3CCC4(CC3)Cc3ccccc3[C@H]4N)n3ccnc23)c1Cl. The Morgan fingerprint density at radius 1 is 1.14 bits per heavy atom. The molecule has 4 aromatic rings. The van der Waals surface area contributed by atoms with Gasteiger partial charge in [0.05, 0.1) is 22.2 Å². The number of anilines is 2. The Kier molecular flexibility index (Phi) is 5.60. The number of fused-ring (bicyclic) bond motifs is 2. The second-order valence-electron chi connectivity index (χ2n) is 9.28. The van der Waals surface area contributed by atoms with Gasteiger partial charge in [0.2, 0.25) is 5.95 Å². The molecular formula is C25H26ClN7OS. The van der Waals surface area contributed by atoms with Crippen LogP contribution in [-0.2, 0) is 13.0 Å². The first kappa shape index (κ1) is 22.6. The number of imidazole rings is 1. The minimum absolute atomic E-state index is 0.0615. The average molecular weight is 508 g/mol. The number of nitrogen functional groups attached to an aromatic ring is 1. The Bertz CT molecular complexity index is 1420. The van der Waals surface area contributed by atoms with Crippen molar-refractivity contribution in [2.45, 2.75) is 41.7 Å². The molecule has 1 aliphatic heterocycles. The van der Waals surface area contributed by atoms with Crippen LogP contribution in [0.5, 0.6) is 0 Å². The quantitative estimate of drug-likeness (QED) is 0.381. The summed E-state index contributed by atoms with van der Waals surface area (Å²) in [4.78, 5) is 17.3. The molecule has 10 heteroatoms. The second kappa shape index (κ2) is 8.67. The topological polar surface area (TPSA) is 119 Å². The predicted molar refractivity (Wildman–Crippen MR) is 138 cm³/mol. The lowest BCUT2D eigenvalue weighted by Crippen LogP contribution is -2.45. The summed E-state index contributed by atoms with van der Waals surface area (Å²) in [7, 11) is 0. The minimum atomic E-state index is -0.213. The Balaban J connectivity index is 1.31. The number of halogens is 1. The van der Waals surface area contributed by atoms with Crippen molar-refractivity contribution in [2.24, 2.45) is 11.1 Å². The van der Waals surface area contributed by atoms with Gasteiger partial charge >= 0.3 is 0 Å². The Hall–Kier alpha value is -2.85. The number of aliphatic hydroxyl groups is 1. The zero-order valence-electron chi connectivity index (χ0n) is 19.1. The fourth-order valence-corrected chi connectivity index (χ4v) is 6.75. The fraction of sp³-hybridized carbons (Fsp3) is 0.320. The van der Waals surface area contributed by atoms with Crippen LogP contribution < -0.4 is 16.4 Å². The van der Waals surface area contributed by atoms with E-state index in [1.807, 2.05) is 10.6 Å². The third kappa shape index (κ3) is 3.65. The van der Waals surface area contributed by atoms with E-state index < -0.39 is 0 Å². The second-order valence-corrected chi connectivity index (χ2v) is 10.7. The van der Waals surface area contributed by atoms with Crippen LogP contribution in [0.1, 0.15) is 35.7 Å². The number of pyridine rings is 1. The Morgan fingerprint density at radius 3 is 2.71 bits per heavy atom. The van der Waals surface area contributed by atoms with Crippen molar-refractivity contribution in [1.29, 1.82) is 0 Å². The molecule has 0 unspecified atom stereocenters. The first-order valence-corrected chi connectivity index (χ1v) is 12.8. The van der Waals surface area contributed by atoms with Crippen molar-refractivity contribution in [3.63, 3.8) is 0 Å². The summed E-state index contributed by atoms with van der Waals surface area (Å²) >= 11 is 7.77. The maximum atomic E-state index is 10.2. The van der Waals surface area contributed by atoms with E-state index in [0.29, 0.717) is 10.7 Å². The van der Waals surface area contributed by atoms with Crippen molar-refractivity contribution in [1.82, 2.24) is 19.4 Å². The Labute approximate surface area is 212 Å². The van der Waals surface area contributed by atoms with Crippen LogP contribution in [0.4, 0.5) is 11.8 Å². The summed E-state index contributed by atoms with van der Waals surface area (Å²) < 4.78 is 1.99. The van der Waals surface area contributed by atoms with Crippen molar-refractivity contribution in [2.75, 3.05) is 23.7 Å². The number of aliphatic hydroxyl groups excluding tert-OH is 1. The van der Waals surface area contributed by atoms with Crippen LogP contribution in [0.2, 0.25) is 5.02 Å². The van der Waals surface area contributed by atoms with Gasteiger partial charge in [-0.2, -0.15) is 0 Å². The van der Waals surface area contributed by atoms with E-state index in [4.69, 9.17) is 28.1 Å². The molecule has 5 N–H and O–H groups in total. The van der Waals surface area contributed by atoms with E-state index >= 15 is 0 Å². The zero-order valence-corrected chi connectivity index (χ0v) is 20.6. The molecule has 0 bridgehead atoms. The first-order valence-electron chi connectivity index (χ1n) is 11.6. The lowest BCUT2D eigenvalue weighted by molar-refractivity contribution is 0.186. The van der Waals surface area contributed by atoms with Crippen LogP contribution in [0.15, 0.2) is 58.7 Å². The molecule has 1 spiro atoms. The number of nitrogens with two attached hydrogens (primary N) is 2. The van der Waals surface area contributed by atoms with Gasteiger partial charge in [0, 0.05) is 42.6 Å². The smallest absolute Gasteiger partial charge is 0.211 e. The number of hydrogen-bond acceptors (Lipinski definition) is 8. The lowest BCUT2D eigenvalue weighted by atomic mass is 9.73. The van der Waals surface area contributed by atoms with Gasteiger partial charge in [-0.1, -0.05) is 47.6 Å². The molecule has 1 aliphatic carbocycles. The molecule has 2 aliphatic rings. The summed E-state index contributed by atoms with van der Waals surface area (Å²) in [6, 6.07) is 10.4. The molecule has 1 saturated heterocycles. The molecule has 3 aromatic heterocycles. The minimum Gasteiger partial charge on any atom is -0.390 e. The molecule has 35 heavy (non-hydrogen) atoms. The molecule has 6 rings (SSSR count). The summed E-state index contributed by atoms with van der Waals surface area (Å²) in [6.45, 7) is 1.47. The molecule has 0 saturated carbocycles. The standard InChI is InChI=1S/C25H26ClN7OS/c26-19-18(5-8-29-22(19)28)35-20-17(14-34)31-24(33-12-9-30-23(20)33)32-10-6-25(7-11-32)13-15-3-1-2-4-16(15)21(25)27/h1-5,8-9,12,21,34H,6-7,10-11,13-14,27H2,(H2,28,29)/t21-/m1/s1. The van der Waals surface area contributed by atoms with E-state index in [9.17, 15) is 5.11 Å². The van der Waals surface area contributed by atoms with Crippen LogP contribution in [0, 0.1) is 5.41 Å². The third-order valence-electron chi connectivity index (χ3n) is 7.43. The first-order chi connectivity index (χ1) is 17.0. The highest BCUT2D eigenvalue weighted by Crippen LogP contribution is 2.51. The van der Waals surface area contributed by atoms with Crippen molar-refractivity contribution < 1.29 is 5.11 Å². The van der Waals surface area contributed by atoms with Gasteiger partial charge in [-0.15, -0.1) is 0 Å². The summed E-state index contributed by atoms with van der Waals surface area (Å²) in [5.74, 6) is 1.05. The molecule has 1 fully saturated rings. The summed E-state index contributed by atoms with van der Waals surface area (Å²) in [5.41, 5.74) is 16.7. The van der Waals surface area contributed by atoms with Crippen LogP contribution in [0.25, 0.3) is 5.65 Å². The number of aromatic nitrogens is 4. The largest absolute Gasteiger partial charge is 0.390 e. The monoisotopic (exact) mass is 507 g/mol. The number of rotatable bonds is 4. The Morgan fingerprint density at radius 2 is 1.94 bits per heavy atom. The lowest BCUT2D eigenvalue weighted by Gasteiger charge is -2.42. The predicted octanol–water partition coefficient (Wildman–Crippen LogP) is 3.85. The summed E-state index contributed by atoms with van der Waals surface area (Å²) in [5, 5.41) is 10.6. The van der Waals surface area contributed by atoms with Gasteiger partial charge in [0.1, 0.15) is 5.82 Å². The average Bonchev–Trinajstić information content (AvgIpc) is 3.47. The van der Waals surface area contributed by atoms with E-state index in [-0.39, 0.29) is 23.9 Å². The van der Waals surface area contributed by atoms with Gasteiger partial charge in [0.25, 0.3) is 0 Å². The fourth-order valence-electron chi connectivity index (χ4n) is 5.51. The highest BCUT2D eigenvalue weighted by molar-refractivity contribution is 7.99. The molecule has 180 valence electrons. The number of benzene rings is 1. The van der Waals surface area contributed by atoms with E-state index in [2.05, 4.69) is 39.1 Å². The molecule has 4 heterocycles. The van der Waals surface area contributed by atoms with E-state index in [0.717, 1.165) is 53.7 Å². The highest BCUT2D eigenvalue weighted by atomic mass is 35.5. The van der Waals surface area contributed by atoms with Crippen molar-refractivity contribution in [3.05, 3.63) is 70.8 Å². The van der Waals surface area contributed by atoms with Gasteiger partial charge in [-0.05, 0) is 41.9 Å². The molecule has 1 atom stereocenters. The van der Waals surface area contributed by atoms with Crippen LogP contribution in [-0.4, -0.2) is 37.5 Å². The normalized spacial score (nSPS) is 18.9. The van der Waals surface area contributed by atoms with Crippen molar-refractivity contribution in [3.8, 4) is 0 Å². The van der Waals surface area contributed by atoms with E-state index in [1.54, 1.807) is 18.5 Å². The highest BCUT2D eigenvalue weighted by Gasteiger charge is 2.46. The van der Waals surface area contributed by atoms with Gasteiger partial charge in [0.15, 0.2) is 5.65 Å². The van der Waals surface area contributed by atoms with Crippen LogP contribution in [0.3, 0.4) is 0 Å². The molecular weight excluding hydrogens is 482 g/mol. The summed E-state index contributed by atoms with van der Waals surface area (Å²) in [6.07, 6.45) is 8.27. The van der Waals surface area contributed by atoms with E-state index in [1.165, 1.54) is 22.9 Å². The molecule has 8 nitrogen and oxygen atoms in total. The molecule has 1 aromatic carbocycles. The maximum absolute atomic E-state index is 10.2. The van der Waals surface area contributed by atoms with Gasteiger partial charge in [-0.25, -0.2) is 15.0 Å². The molecule has 0 radical (unpaired) electrons. The zero-order chi connectivity index (χ0) is 24.2. The maximum Gasteiger partial charge on any atom is 0.211 e. The number of piperidine rings is 1. The number of nitrogens with zero attached hydrogens (tertiary/aromatic N) is 5. The van der Waals surface area contributed by atoms with Gasteiger partial charge < -0.3 is 21.5 Å². The van der Waals surface area contributed by atoms with Gasteiger partial charge in [-0.3, -0.25) is 4.40 Å². The van der Waals surface area contributed by atoms with Crippen LogP contribution >= 0.6 is 23.4 Å².